The van der Waals surface area contributed by atoms with Crippen molar-refractivity contribution in [3.05, 3.63) is 34.6 Å². The largest absolute Gasteiger partial charge is 0.351 e. The molecule has 1 aromatic rings. The number of nitrogens with one attached hydrogen (secondary N) is 2. The van der Waals surface area contributed by atoms with Gasteiger partial charge in [-0.15, -0.1) is 0 Å². The van der Waals surface area contributed by atoms with Crippen LogP contribution in [0.25, 0.3) is 0 Å². The molecular formula is C14H16ClFN2O. The van der Waals surface area contributed by atoms with Crippen LogP contribution in [0.3, 0.4) is 0 Å². The summed E-state index contributed by atoms with van der Waals surface area (Å²) >= 11 is 5.70. The first-order valence-electron chi connectivity index (χ1n) is 6.62. The summed E-state index contributed by atoms with van der Waals surface area (Å²) in [6.45, 7) is 0.179. The van der Waals surface area contributed by atoms with E-state index in [-0.39, 0.29) is 23.5 Å². The zero-order valence-electron chi connectivity index (χ0n) is 10.5. The van der Waals surface area contributed by atoms with E-state index in [0.717, 1.165) is 12.8 Å². The van der Waals surface area contributed by atoms with E-state index < -0.39 is 5.82 Å². The summed E-state index contributed by atoms with van der Waals surface area (Å²) < 4.78 is 13.7. The highest BCUT2D eigenvalue weighted by Crippen LogP contribution is 2.36. The van der Waals surface area contributed by atoms with Gasteiger partial charge in [-0.2, -0.15) is 0 Å². The highest BCUT2D eigenvalue weighted by atomic mass is 35.5. The summed E-state index contributed by atoms with van der Waals surface area (Å²) in [6.07, 6.45) is 3.27. The van der Waals surface area contributed by atoms with E-state index in [2.05, 4.69) is 10.6 Å². The molecule has 0 radical (unpaired) electrons. The van der Waals surface area contributed by atoms with Gasteiger partial charge in [0, 0.05) is 18.2 Å². The Morgan fingerprint density at radius 3 is 2.95 bits per heavy atom. The normalized spacial score (nSPS) is 28.6. The average Bonchev–Trinajstić information content (AvgIpc) is 2.67. The third-order valence-corrected chi connectivity index (χ3v) is 4.46. The van der Waals surface area contributed by atoms with Crippen LogP contribution >= 0.6 is 11.6 Å². The first kappa shape index (κ1) is 12.9. The van der Waals surface area contributed by atoms with Crippen molar-refractivity contribution in [1.29, 1.82) is 0 Å². The number of rotatable bonds is 3. The van der Waals surface area contributed by atoms with Crippen molar-refractivity contribution in [2.45, 2.75) is 37.9 Å². The lowest BCUT2D eigenvalue weighted by atomic mass is 9.80. The number of carbonyl (C=O) groups is 1. The molecule has 3 unspecified atom stereocenters. The Morgan fingerprint density at radius 1 is 1.47 bits per heavy atom. The molecule has 1 saturated carbocycles. The number of hydrogen-bond acceptors (Lipinski definition) is 2. The number of amides is 1. The van der Waals surface area contributed by atoms with Crippen LogP contribution in [-0.4, -0.2) is 18.0 Å². The minimum atomic E-state index is -0.455. The fourth-order valence-electron chi connectivity index (χ4n) is 2.87. The number of carbonyl (C=O) groups excluding carboxylic acids is 1. The van der Waals surface area contributed by atoms with E-state index in [1.54, 1.807) is 12.1 Å². The van der Waals surface area contributed by atoms with Crippen molar-refractivity contribution in [1.82, 2.24) is 10.6 Å². The molecule has 19 heavy (non-hydrogen) atoms. The van der Waals surface area contributed by atoms with Crippen molar-refractivity contribution in [2.24, 2.45) is 5.92 Å². The van der Waals surface area contributed by atoms with E-state index in [9.17, 15) is 9.18 Å². The number of halogens is 2. The Labute approximate surface area is 116 Å². The summed E-state index contributed by atoms with van der Waals surface area (Å²) in [4.78, 5) is 12.0. The van der Waals surface area contributed by atoms with Gasteiger partial charge < -0.3 is 10.6 Å². The molecule has 3 atom stereocenters. The SMILES string of the molecule is O=C(NCc1cccc(Cl)c1F)C1CC2CCC2N1. The lowest BCUT2D eigenvalue weighted by Crippen LogP contribution is -2.44. The van der Waals surface area contributed by atoms with Crippen LogP contribution in [-0.2, 0) is 11.3 Å². The van der Waals surface area contributed by atoms with Gasteiger partial charge in [-0.05, 0) is 31.2 Å². The van der Waals surface area contributed by atoms with Crippen LogP contribution in [0.1, 0.15) is 24.8 Å². The van der Waals surface area contributed by atoms with Gasteiger partial charge in [0.2, 0.25) is 5.91 Å². The highest BCUT2D eigenvalue weighted by Gasteiger charge is 2.42. The quantitative estimate of drug-likeness (QED) is 0.893. The maximum absolute atomic E-state index is 13.7. The topological polar surface area (TPSA) is 41.1 Å². The molecule has 3 nitrogen and oxygen atoms in total. The smallest absolute Gasteiger partial charge is 0.237 e. The summed E-state index contributed by atoms with van der Waals surface area (Å²) in [5, 5.41) is 6.19. The van der Waals surface area contributed by atoms with Crippen LogP contribution in [0, 0.1) is 11.7 Å². The standard InChI is InChI=1S/C14H16ClFN2O/c15-10-3-1-2-9(13(10)16)7-17-14(19)12-6-8-4-5-11(8)18-12/h1-3,8,11-12,18H,4-7H2,(H,17,19). The van der Waals surface area contributed by atoms with Gasteiger partial charge in [0.1, 0.15) is 5.82 Å². The van der Waals surface area contributed by atoms with Gasteiger partial charge in [-0.1, -0.05) is 23.7 Å². The predicted octanol–water partition coefficient (Wildman–Crippen LogP) is 2.24. The van der Waals surface area contributed by atoms with Gasteiger partial charge in [0.15, 0.2) is 0 Å². The monoisotopic (exact) mass is 282 g/mol. The first-order chi connectivity index (χ1) is 9.15. The van der Waals surface area contributed by atoms with Gasteiger partial charge in [-0.25, -0.2) is 4.39 Å². The molecule has 1 aliphatic carbocycles. The second-order valence-corrected chi connectivity index (χ2v) is 5.74. The molecule has 2 aliphatic rings. The summed E-state index contributed by atoms with van der Waals surface area (Å²) in [5.41, 5.74) is 0.418. The first-order valence-corrected chi connectivity index (χ1v) is 6.99. The van der Waals surface area contributed by atoms with Crippen molar-refractivity contribution in [3.63, 3.8) is 0 Å². The van der Waals surface area contributed by atoms with Crippen LogP contribution in [0.4, 0.5) is 4.39 Å². The molecule has 3 rings (SSSR count). The molecule has 2 N–H and O–H groups in total. The van der Waals surface area contributed by atoms with Gasteiger partial charge in [0.05, 0.1) is 11.1 Å². The number of hydrogen-bond donors (Lipinski definition) is 2. The van der Waals surface area contributed by atoms with Gasteiger partial charge in [0.25, 0.3) is 0 Å². The fraction of sp³-hybridized carbons (Fsp3) is 0.500. The van der Waals surface area contributed by atoms with Crippen LogP contribution in [0.5, 0.6) is 0 Å². The molecule has 1 aliphatic heterocycles. The van der Waals surface area contributed by atoms with Crippen molar-refractivity contribution in [2.75, 3.05) is 0 Å². The number of benzene rings is 1. The molecule has 1 aromatic carbocycles. The Hall–Kier alpha value is -1.13. The van der Waals surface area contributed by atoms with Crippen LogP contribution in [0.2, 0.25) is 5.02 Å². The summed E-state index contributed by atoms with van der Waals surface area (Å²) in [5.74, 6) is 0.149. The van der Waals surface area contributed by atoms with Crippen molar-refractivity contribution < 1.29 is 9.18 Å². The maximum atomic E-state index is 13.7. The fourth-order valence-corrected chi connectivity index (χ4v) is 3.07. The average molecular weight is 283 g/mol. The Kier molecular flexibility index (Phi) is 3.46. The van der Waals surface area contributed by atoms with Crippen molar-refractivity contribution >= 4 is 17.5 Å². The van der Waals surface area contributed by atoms with Crippen molar-refractivity contribution in [3.8, 4) is 0 Å². The van der Waals surface area contributed by atoms with E-state index in [1.807, 2.05) is 0 Å². The van der Waals surface area contributed by atoms with E-state index >= 15 is 0 Å². The molecule has 0 spiro atoms. The Balaban J connectivity index is 1.57. The third-order valence-electron chi connectivity index (χ3n) is 4.17. The van der Waals surface area contributed by atoms with Crippen LogP contribution in [0.15, 0.2) is 18.2 Å². The Bertz CT molecular complexity index is 496. The maximum Gasteiger partial charge on any atom is 0.237 e. The van der Waals surface area contributed by atoms with Gasteiger partial charge >= 0.3 is 0 Å². The van der Waals surface area contributed by atoms with E-state index in [4.69, 9.17) is 11.6 Å². The molecule has 1 amide bonds. The highest BCUT2D eigenvalue weighted by molar-refractivity contribution is 6.30. The molecule has 0 bridgehead atoms. The molecule has 2 fully saturated rings. The van der Waals surface area contributed by atoms with E-state index in [0.29, 0.717) is 17.5 Å². The summed E-state index contributed by atoms with van der Waals surface area (Å²) in [6, 6.07) is 5.20. The zero-order chi connectivity index (χ0) is 13.4. The second kappa shape index (κ2) is 5.10. The lowest BCUT2D eigenvalue weighted by molar-refractivity contribution is -0.123. The molecule has 1 heterocycles. The number of fused-ring (bicyclic) bond motifs is 1. The molecular weight excluding hydrogens is 267 g/mol. The van der Waals surface area contributed by atoms with Gasteiger partial charge in [-0.3, -0.25) is 4.79 Å². The molecule has 5 heteroatoms. The molecule has 1 saturated heterocycles. The minimum absolute atomic E-state index is 0.0474. The van der Waals surface area contributed by atoms with Crippen LogP contribution < -0.4 is 10.6 Å². The second-order valence-electron chi connectivity index (χ2n) is 5.33. The predicted molar refractivity (Wildman–Crippen MR) is 71.3 cm³/mol. The lowest BCUT2D eigenvalue weighted by Gasteiger charge is -2.29. The Morgan fingerprint density at radius 2 is 2.32 bits per heavy atom. The molecule has 102 valence electrons. The zero-order valence-corrected chi connectivity index (χ0v) is 11.2. The molecule has 0 aromatic heterocycles. The third kappa shape index (κ3) is 2.47. The summed E-state index contributed by atoms with van der Waals surface area (Å²) in [7, 11) is 0. The van der Waals surface area contributed by atoms with E-state index in [1.165, 1.54) is 12.5 Å². The minimum Gasteiger partial charge on any atom is -0.351 e.